The van der Waals surface area contributed by atoms with Crippen LogP contribution in [0.2, 0.25) is 5.02 Å². The number of hydrogen-bond donors (Lipinski definition) is 0. The van der Waals surface area contributed by atoms with Crippen LogP contribution in [0, 0.1) is 0 Å². The lowest BCUT2D eigenvalue weighted by molar-refractivity contribution is -0.133. The highest BCUT2D eigenvalue weighted by Gasteiger charge is 2.27. The highest BCUT2D eigenvalue weighted by Crippen LogP contribution is 2.33. The maximum Gasteiger partial charge on any atom is 0.246 e. The summed E-state index contributed by atoms with van der Waals surface area (Å²) in [6.45, 7) is 1.47. The molecule has 1 saturated heterocycles. The quantitative estimate of drug-likeness (QED) is 0.481. The van der Waals surface area contributed by atoms with Gasteiger partial charge in [0, 0.05) is 24.6 Å². The first kappa shape index (κ1) is 19.1. The summed E-state index contributed by atoms with van der Waals surface area (Å²) in [6.07, 6.45) is 2.00. The van der Waals surface area contributed by atoms with E-state index in [4.69, 9.17) is 16.6 Å². The van der Waals surface area contributed by atoms with Crippen LogP contribution in [0.4, 0.5) is 0 Å². The van der Waals surface area contributed by atoms with E-state index in [0.717, 1.165) is 29.9 Å². The van der Waals surface area contributed by atoms with E-state index < -0.39 is 0 Å². The van der Waals surface area contributed by atoms with Crippen molar-refractivity contribution in [1.82, 2.24) is 30.1 Å². The summed E-state index contributed by atoms with van der Waals surface area (Å²) < 4.78 is 1.19. The fourth-order valence-electron chi connectivity index (χ4n) is 3.75. The van der Waals surface area contributed by atoms with Gasteiger partial charge in [0.25, 0.3) is 0 Å². The minimum absolute atomic E-state index is 0.0103. The summed E-state index contributed by atoms with van der Waals surface area (Å²) in [5.74, 6) is 0.672. The number of nitrogens with zero attached hydrogens (tertiary/aromatic N) is 6. The van der Waals surface area contributed by atoms with Crippen LogP contribution in [0.5, 0.6) is 0 Å². The standard InChI is InChI=1S/C21H19ClN6OS/c22-16-8-2-1-7-15(16)20-24-26-28(25-20)13-19(29)27-11-5-6-14(12-27)21-23-17-9-3-4-10-18(17)30-21/h1-4,7-10,14H,5-6,11-13H2. The minimum Gasteiger partial charge on any atom is -0.340 e. The summed E-state index contributed by atoms with van der Waals surface area (Å²) >= 11 is 7.92. The molecule has 0 spiro atoms. The van der Waals surface area contributed by atoms with E-state index in [1.54, 1.807) is 17.4 Å². The smallest absolute Gasteiger partial charge is 0.246 e. The van der Waals surface area contributed by atoms with E-state index in [2.05, 4.69) is 21.5 Å². The number of thiazole rings is 1. The lowest BCUT2D eigenvalue weighted by Gasteiger charge is -2.31. The van der Waals surface area contributed by atoms with Gasteiger partial charge >= 0.3 is 0 Å². The summed E-state index contributed by atoms with van der Waals surface area (Å²) in [7, 11) is 0. The predicted molar refractivity (Wildman–Crippen MR) is 116 cm³/mol. The van der Waals surface area contributed by atoms with Crippen molar-refractivity contribution in [3.8, 4) is 11.4 Å². The van der Waals surface area contributed by atoms with Gasteiger partial charge in [-0.15, -0.1) is 21.5 Å². The summed E-state index contributed by atoms with van der Waals surface area (Å²) in [5, 5.41) is 14.1. The van der Waals surface area contributed by atoms with Crippen molar-refractivity contribution in [1.29, 1.82) is 0 Å². The Hall–Kier alpha value is -2.84. The zero-order valence-electron chi connectivity index (χ0n) is 16.1. The molecule has 2 aromatic carbocycles. The Morgan fingerprint density at radius 1 is 1.17 bits per heavy atom. The minimum atomic E-state index is -0.0103. The number of tetrazole rings is 1. The fraction of sp³-hybridized carbons (Fsp3) is 0.286. The Kier molecular flexibility index (Phi) is 5.18. The van der Waals surface area contributed by atoms with E-state index in [1.165, 1.54) is 9.50 Å². The normalized spacial score (nSPS) is 16.8. The molecule has 3 heterocycles. The van der Waals surface area contributed by atoms with Gasteiger partial charge in [-0.2, -0.15) is 4.80 Å². The molecule has 7 nitrogen and oxygen atoms in total. The van der Waals surface area contributed by atoms with Gasteiger partial charge in [0.2, 0.25) is 11.7 Å². The van der Waals surface area contributed by atoms with Crippen LogP contribution in [-0.2, 0) is 11.3 Å². The monoisotopic (exact) mass is 438 g/mol. The van der Waals surface area contributed by atoms with Crippen LogP contribution in [-0.4, -0.2) is 49.1 Å². The number of carbonyl (C=O) groups is 1. The Bertz CT molecular complexity index is 1170. The van der Waals surface area contributed by atoms with Crippen LogP contribution in [0.25, 0.3) is 21.6 Å². The average Bonchev–Trinajstić information content (AvgIpc) is 3.41. The molecule has 30 heavy (non-hydrogen) atoms. The largest absolute Gasteiger partial charge is 0.340 e. The first-order valence-electron chi connectivity index (χ1n) is 9.83. The van der Waals surface area contributed by atoms with Crippen molar-refractivity contribution < 1.29 is 4.79 Å². The third-order valence-electron chi connectivity index (χ3n) is 5.28. The molecule has 1 aliphatic rings. The van der Waals surface area contributed by atoms with Crippen molar-refractivity contribution in [2.45, 2.75) is 25.3 Å². The maximum absolute atomic E-state index is 12.9. The van der Waals surface area contributed by atoms with Crippen LogP contribution >= 0.6 is 22.9 Å². The first-order valence-corrected chi connectivity index (χ1v) is 11.0. The molecular formula is C21H19ClN6OS. The Morgan fingerprint density at radius 2 is 2.00 bits per heavy atom. The van der Waals surface area contributed by atoms with Gasteiger partial charge in [-0.3, -0.25) is 4.79 Å². The molecule has 0 aliphatic carbocycles. The highest BCUT2D eigenvalue weighted by atomic mass is 35.5. The number of fused-ring (bicyclic) bond motifs is 1. The zero-order chi connectivity index (χ0) is 20.5. The Labute approximate surface area is 182 Å². The van der Waals surface area contributed by atoms with Crippen molar-refractivity contribution in [3.63, 3.8) is 0 Å². The summed E-state index contributed by atoms with van der Waals surface area (Å²) in [5.41, 5.74) is 1.73. The van der Waals surface area contributed by atoms with Gasteiger partial charge < -0.3 is 4.90 Å². The van der Waals surface area contributed by atoms with Crippen LogP contribution in [0.1, 0.15) is 23.8 Å². The third-order valence-corrected chi connectivity index (χ3v) is 6.81. The second-order valence-electron chi connectivity index (χ2n) is 7.32. The zero-order valence-corrected chi connectivity index (χ0v) is 17.7. The number of para-hydroxylation sites is 1. The van der Waals surface area contributed by atoms with Crippen molar-refractivity contribution >= 4 is 39.1 Å². The van der Waals surface area contributed by atoms with Gasteiger partial charge in [0.1, 0.15) is 6.54 Å². The van der Waals surface area contributed by atoms with Gasteiger partial charge in [0.05, 0.1) is 20.2 Å². The second-order valence-corrected chi connectivity index (χ2v) is 8.79. The SMILES string of the molecule is O=C(Cn1nnc(-c2ccccc2Cl)n1)N1CCCC(c2nc3ccccc3s2)C1. The van der Waals surface area contributed by atoms with Gasteiger partial charge in [0.15, 0.2) is 0 Å². The maximum atomic E-state index is 12.9. The molecule has 5 rings (SSSR count). The highest BCUT2D eigenvalue weighted by molar-refractivity contribution is 7.18. The topological polar surface area (TPSA) is 76.8 Å². The molecule has 4 aromatic rings. The molecule has 0 bridgehead atoms. The lowest BCUT2D eigenvalue weighted by Crippen LogP contribution is -2.41. The van der Waals surface area contributed by atoms with Gasteiger partial charge in [-0.05, 0) is 42.3 Å². The third kappa shape index (κ3) is 3.80. The van der Waals surface area contributed by atoms with Crippen molar-refractivity contribution in [2.75, 3.05) is 13.1 Å². The first-order chi connectivity index (χ1) is 14.7. The van der Waals surface area contributed by atoms with Crippen LogP contribution in [0.15, 0.2) is 48.5 Å². The Balaban J connectivity index is 1.28. The van der Waals surface area contributed by atoms with Crippen LogP contribution < -0.4 is 0 Å². The number of aromatic nitrogens is 5. The molecule has 1 amide bonds. The molecule has 2 aromatic heterocycles. The van der Waals surface area contributed by atoms with Crippen LogP contribution in [0.3, 0.4) is 0 Å². The molecule has 1 unspecified atom stereocenters. The number of benzene rings is 2. The molecule has 152 valence electrons. The molecule has 1 fully saturated rings. The summed E-state index contributed by atoms with van der Waals surface area (Å²) in [4.78, 5) is 20.9. The molecule has 1 aliphatic heterocycles. The molecule has 9 heteroatoms. The number of amides is 1. The van der Waals surface area contributed by atoms with Gasteiger partial charge in [-0.1, -0.05) is 35.9 Å². The molecule has 0 radical (unpaired) electrons. The predicted octanol–water partition coefficient (Wildman–Crippen LogP) is 4.01. The Morgan fingerprint density at radius 3 is 2.87 bits per heavy atom. The van der Waals surface area contributed by atoms with E-state index in [1.807, 2.05) is 41.3 Å². The van der Waals surface area contributed by atoms with E-state index in [0.29, 0.717) is 23.0 Å². The fourth-order valence-corrected chi connectivity index (χ4v) is 5.06. The number of carbonyl (C=O) groups excluding carboxylic acids is 1. The molecule has 0 N–H and O–H groups in total. The van der Waals surface area contributed by atoms with Gasteiger partial charge in [-0.25, -0.2) is 4.98 Å². The number of hydrogen-bond acceptors (Lipinski definition) is 6. The number of piperidine rings is 1. The van der Waals surface area contributed by atoms with E-state index in [-0.39, 0.29) is 18.4 Å². The molecule has 1 atom stereocenters. The van der Waals surface area contributed by atoms with Crippen molar-refractivity contribution in [3.05, 3.63) is 58.6 Å². The molecule has 0 saturated carbocycles. The van der Waals surface area contributed by atoms with E-state index >= 15 is 0 Å². The average molecular weight is 439 g/mol. The van der Waals surface area contributed by atoms with E-state index in [9.17, 15) is 4.79 Å². The number of halogens is 1. The lowest BCUT2D eigenvalue weighted by atomic mass is 9.98. The second kappa shape index (κ2) is 8.12. The summed E-state index contributed by atoms with van der Waals surface area (Å²) in [6, 6.07) is 15.5. The number of rotatable bonds is 4. The number of likely N-dealkylation sites (tertiary alicyclic amines) is 1. The van der Waals surface area contributed by atoms with Crippen molar-refractivity contribution in [2.24, 2.45) is 0 Å². The molecular weight excluding hydrogens is 420 g/mol.